The van der Waals surface area contributed by atoms with Crippen molar-refractivity contribution in [3.8, 4) is 11.3 Å². The van der Waals surface area contributed by atoms with Crippen molar-refractivity contribution in [2.24, 2.45) is 5.41 Å². The Morgan fingerprint density at radius 3 is 2.68 bits per heavy atom. The number of carbonyl (C=O) groups excluding carboxylic acids is 1. The monoisotopic (exact) mass is 441 g/mol. The second kappa shape index (κ2) is 7.33. The van der Waals surface area contributed by atoms with Crippen LogP contribution in [0.15, 0.2) is 47.1 Å². The highest BCUT2D eigenvalue weighted by molar-refractivity contribution is 9.10. The molecule has 4 rings (SSSR count). The summed E-state index contributed by atoms with van der Waals surface area (Å²) in [6.07, 6.45) is 2.38. The van der Waals surface area contributed by atoms with E-state index in [-0.39, 0.29) is 18.1 Å². The highest BCUT2D eigenvalue weighted by Gasteiger charge is 2.36. The van der Waals surface area contributed by atoms with Gasteiger partial charge in [-0.1, -0.05) is 46.3 Å². The SMILES string of the molecule is CC(C)(C)C(=O)OC1NCC[C@H]1c1ncc(-c2ccc(Br)c3ccccc23)[nH]1. The molecule has 0 saturated carbocycles. The van der Waals surface area contributed by atoms with E-state index >= 15 is 0 Å². The van der Waals surface area contributed by atoms with E-state index in [2.05, 4.69) is 55.5 Å². The van der Waals surface area contributed by atoms with Crippen LogP contribution in [-0.2, 0) is 9.53 Å². The molecule has 0 radical (unpaired) electrons. The van der Waals surface area contributed by atoms with Crippen LogP contribution < -0.4 is 5.32 Å². The zero-order chi connectivity index (χ0) is 19.9. The molecule has 0 bridgehead atoms. The molecular weight excluding hydrogens is 418 g/mol. The summed E-state index contributed by atoms with van der Waals surface area (Å²) in [5.41, 5.74) is 1.54. The van der Waals surface area contributed by atoms with Crippen LogP contribution in [0.2, 0.25) is 0 Å². The molecule has 146 valence electrons. The maximum atomic E-state index is 12.3. The van der Waals surface area contributed by atoms with Crippen LogP contribution in [0.4, 0.5) is 0 Å². The molecule has 5 nitrogen and oxygen atoms in total. The lowest BCUT2D eigenvalue weighted by Gasteiger charge is -2.23. The van der Waals surface area contributed by atoms with E-state index in [1.165, 1.54) is 0 Å². The number of halogens is 1. The maximum Gasteiger partial charge on any atom is 0.312 e. The number of aromatic nitrogens is 2. The number of rotatable bonds is 3. The predicted molar refractivity (Wildman–Crippen MR) is 114 cm³/mol. The van der Waals surface area contributed by atoms with E-state index in [1.807, 2.05) is 39.1 Å². The molecule has 0 aliphatic carbocycles. The van der Waals surface area contributed by atoms with Crippen molar-refractivity contribution >= 4 is 32.7 Å². The summed E-state index contributed by atoms with van der Waals surface area (Å²) < 4.78 is 6.80. The van der Waals surface area contributed by atoms with Crippen molar-refractivity contribution in [2.45, 2.75) is 39.3 Å². The smallest absolute Gasteiger partial charge is 0.312 e. The molecule has 3 aromatic rings. The number of esters is 1. The van der Waals surface area contributed by atoms with Crippen molar-refractivity contribution in [1.29, 1.82) is 0 Å². The van der Waals surface area contributed by atoms with Gasteiger partial charge in [-0.3, -0.25) is 10.1 Å². The molecule has 1 aliphatic heterocycles. The number of aromatic amines is 1. The number of imidazole rings is 1. The van der Waals surface area contributed by atoms with Crippen LogP contribution in [0.1, 0.15) is 38.9 Å². The Labute approximate surface area is 173 Å². The number of hydrogen-bond acceptors (Lipinski definition) is 4. The fraction of sp³-hybridized carbons (Fsp3) is 0.364. The van der Waals surface area contributed by atoms with Gasteiger partial charge in [0.15, 0.2) is 6.23 Å². The Bertz CT molecular complexity index is 1020. The number of H-pyrrole nitrogens is 1. The largest absolute Gasteiger partial charge is 0.445 e. The van der Waals surface area contributed by atoms with Gasteiger partial charge in [0, 0.05) is 10.0 Å². The van der Waals surface area contributed by atoms with E-state index in [0.29, 0.717) is 0 Å². The first-order valence-corrected chi connectivity index (χ1v) is 10.3. The van der Waals surface area contributed by atoms with Crippen LogP contribution in [-0.4, -0.2) is 28.7 Å². The average Bonchev–Trinajstić information content (AvgIpc) is 3.31. The van der Waals surface area contributed by atoms with Gasteiger partial charge in [-0.25, -0.2) is 4.98 Å². The molecule has 6 heteroatoms. The van der Waals surface area contributed by atoms with Gasteiger partial charge >= 0.3 is 5.97 Å². The third-order valence-corrected chi connectivity index (χ3v) is 5.81. The first-order valence-electron chi connectivity index (χ1n) is 9.51. The Morgan fingerprint density at radius 2 is 1.93 bits per heavy atom. The van der Waals surface area contributed by atoms with Crippen LogP contribution in [0.5, 0.6) is 0 Å². The summed E-state index contributed by atoms with van der Waals surface area (Å²) in [7, 11) is 0. The molecular formula is C22H24BrN3O2. The molecule has 2 atom stereocenters. The number of carbonyl (C=O) groups is 1. The van der Waals surface area contributed by atoms with Gasteiger partial charge in [0.1, 0.15) is 5.82 Å². The summed E-state index contributed by atoms with van der Waals surface area (Å²) in [4.78, 5) is 20.4. The van der Waals surface area contributed by atoms with Gasteiger partial charge in [0.05, 0.1) is 23.2 Å². The van der Waals surface area contributed by atoms with Gasteiger partial charge in [0.2, 0.25) is 0 Å². The molecule has 1 aromatic heterocycles. The summed E-state index contributed by atoms with van der Waals surface area (Å²) in [6.45, 7) is 6.39. The quantitative estimate of drug-likeness (QED) is 0.562. The lowest BCUT2D eigenvalue weighted by molar-refractivity contribution is -0.160. The Morgan fingerprint density at radius 1 is 1.18 bits per heavy atom. The van der Waals surface area contributed by atoms with Crippen molar-refractivity contribution in [3.05, 3.63) is 52.9 Å². The van der Waals surface area contributed by atoms with Gasteiger partial charge in [-0.05, 0) is 50.6 Å². The Balaban J connectivity index is 1.63. The Kier molecular flexibility index (Phi) is 5.02. The topological polar surface area (TPSA) is 67.0 Å². The molecule has 2 aromatic carbocycles. The molecule has 2 N–H and O–H groups in total. The molecule has 1 unspecified atom stereocenters. The summed E-state index contributed by atoms with van der Waals surface area (Å²) in [5.74, 6) is 0.656. The molecule has 0 spiro atoms. The van der Waals surface area contributed by atoms with Crippen LogP contribution in [0, 0.1) is 5.41 Å². The highest BCUT2D eigenvalue weighted by atomic mass is 79.9. The summed E-state index contributed by atoms with van der Waals surface area (Å²) in [6, 6.07) is 12.4. The van der Waals surface area contributed by atoms with Crippen LogP contribution in [0.25, 0.3) is 22.0 Å². The van der Waals surface area contributed by atoms with Crippen molar-refractivity contribution in [2.75, 3.05) is 6.54 Å². The maximum absolute atomic E-state index is 12.3. The fourth-order valence-electron chi connectivity index (χ4n) is 3.53. The molecule has 28 heavy (non-hydrogen) atoms. The molecule has 0 amide bonds. The van der Waals surface area contributed by atoms with E-state index in [9.17, 15) is 4.79 Å². The van der Waals surface area contributed by atoms with Crippen LogP contribution >= 0.6 is 15.9 Å². The third kappa shape index (κ3) is 3.59. The number of nitrogens with one attached hydrogen (secondary N) is 2. The highest BCUT2D eigenvalue weighted by Crippen LogP contribution is 2.34. The standard InChI is InChI=1S/C22H24BrN3O2/c1-22(2,3)21(27)28-20-16(10-11-24-20)19-25-12-18(26-19)15-8-9-17(23)14-7-5-4-6-13(14)15/h4-9,12,16,20,24H,10-11H2,1-3H3,(H,25,26)/t16-,20?/m0/s1. The summed E-state index contributed by atoms with van der Waals surface area (Å²) in [5, 5.41) is 5.61. The first kappa shape index (κ1) is 19.2. The van der Waals surface area contributed by atoms with E-state index < -0.39 is 5.41 Å². The Hall–Kier alpha value is -2.18. The van der Waals surface area contributed by atoms with Gasteiger partial charge in [-0.15, -0.1) is 0 Å². The molecule has 1 saturated heterocycles. The van der Waals surface area contributed by atoms with Gasteiger partial charge in [-0.2, -0.15) is 0 Å². The lowest BCUT2D eigenvalue weighted by Crippen LogP contribution is -2.36. The zero-order valence-electron chi connectivity index (χ0n) is 16.3. The van der Waals surface area contributed by atoms with E-state index in [4.69, 9.17) is 4.74 Å². The average molecular weight is 442 g/mol. The van der Waals surface area contributed by atoms with E-state index in [0.717, 1.165) is 45.3 Å². The number of benzene rings is 2. The number of ether oxygens (including phenoxy) is 1. The minimum Gasteiger partial charge on any atom is -0.445 e. The number of hydrogen-bond donors (Lipinski definition) is 2. The second-order valence-corrected chi connectivity index (χ2v) is 9.10. The number of nitrogens with zero attached hydrogens (tertiary/aromatic N) is 1. The predicted octanol–water partition coefficient (Wildman–Crippen LogP) is 4.98. The normalized spacial score (nSPS) is 19.9. The van der Waals surface area contributed by atoms with Gasteiger partial charge < -0.3 is 9.72 Å². The third-order valence-electron chi connectivity index (χ3n) is 5.12. The molecule has 2 heterocycles. The zero-order valence-corrected chi connectivity index (χ0v) is 17.8. The summed E-state index contributed by atoms with van der Waals surface area (Å²) >= 11 is 3.63. The second-order valence-electron chi connectivity index (χ2n) is 8.25. The van der Waals surface area contributed by atoms with Crippen molar-refractivity contribution < 1.29 is 9.53 Å². The van der Waals surface area contributed by atoms with E-state index in [1.54, 1.807) is 0 Å². The van der Waals surface area contributed by atoms with Gasteiger partial charge in [0.25, 0.3) is 0 Å². The van der Waals surface area contributed by atoms with Crippen molar-refractivity contribution in [3.63, 3.8) is 0 Å². The number of fused-ring (bicyclic) bond motifs is 1. The van der Waals surface area contributed by atoms with Crippen LogP contribution in [0.3, 0.4) is 0 Å². The van der Waals surface area contributed by atoms with Crippen molar-refractivity contribution in [1.82, 2.24) is 15.3 Å². The minimum atomic E-state index is -0.528. The molecule has 1 fully saturated rings. The molecule has 1 aliphatic rings. The fourth-order valence-corrected chi connectivity index (χ4v) is 4.01. The lowest BCUT2D eigenvalue weighted by atomic mass is 9.97. The first-order chi connectivity index (χ1) is 13.3. The minimum absolute atomic E-state index is 0.0155.